The normalized spacial score (nSPS) is 18.8. The van der Waals surface area contributed by atoms with Crippen LogP contribution in [0.25, 0.3) is 0 Å². The average Bonchev–Trinajstić information content (AvgIpc) is 2.43. The van der Waals surface area contributed by atoms with E-state index in [2.05, 4.69) is 4.74 Å². The van der Waals surface area contributed by atoms with Gasteiger partial charge in [-0.1, -0.05) is 0 Å². The van der Waals surface area contributed by atoms with Crippen LogP contribution in [-0.2, 0) is 19.1 Å². The predicted molar refractivity (Wildman–Crippen MR) is 63.6 cm³/mol. The Balaban J connectivity index is 2.63. The molecule has 108 valence electrons. The van der Waals surface area contributed by atoms with Crippen LogP contribution >= 0.6 is 0 Å². The van der Waals surface area contributed by atoms with Gasteiger partial charge >= 0.3 is 18.0 Å². The van der Waals surface area contributed by atoms with Crippen molar-refractivity contribution in [3.8, 4) is 0 Å². The van der Waals surface area contributed by atoms with Crippen LogP contribution in [0.1, 0.15) is 6.92 Å². The monoisotopic (exact) mass is 274 g/mol. The number of methoxy groups -OCH3 is 1. The number of amides is 2. The number of rotatable bonds is 4. The zero-order valence-electron chi connectivity index (χ0n) is 11.0. The van der Waals surface area contributed by atoms with Crippen molar-refractivity contribution in [3.63, 3.8) is 0 Å². The van der Waals surface area contributed by atoms with Crippen LogP contribution in [0, 0.1) is 0 Å². The van der Waals surface area contributed by atoms with Gasteiger partial charge in [-0.25, -0.2) is 9.59 Å². The molecule has 2 amide bonds. The number of carboxylic acids is 1. The molecule has 0 spiro atoms. The van der Waals surface area contributed by atoms with Crippen molar-refractivity contribution >= 4 is 18.0 Å². The molecule has 1 N–H and O–H groups in total. The number of esters is 1. The number of ether oxygens (including phenoxy) is 2. The molecular formula is C11H18N2O6. The number of carbonyl (C=O) groups is 3. The molecule has 0 saturated carbocycles. The Labute approximate surface area is 110 Å². The van der Waals surface area contributed by atoms with Gasteiger partial charge < -0.3 is 24.4 Å². The van der Waals surface area contributed by atoms with Crippen LogP contribution in [0.5, 0.6) is 0 Å². The summed E-state index contributed by atoms with van der Waals surface area (Å²) in [4.78, 5) is 36.8. The van der Waals surface area contributed by atoms with E-state index in [0.29, 0.717) is 13.1 Å². The topological polar surface area (TPSA) is 96.4 Å². The minimum absolute atomic E-state index is 0.0220. The summed E-state index contributed by atoms with van der Waals surface area (Å²) < 4.78 is 9.54. The van der Waals surface area contributed by atoms with Crippen LogP contribution in [0.15, 0.2) is 0 Å². The SMILES string of the molecule is CCN(CC(=O)OC)C(=O)N1CCOC(C(=O)O)C1. The Hall–Kier alpha value is -1.83. The average molecular weight is 274 g/mol. The number of morpholine rings is 1. The van der Waals surface area contributed by atoms with Gasteiger partial charge in [0, 0.05) is 13.1 Å². The van der Waals surface area contributed by atoms with E-state index in [4.69, 9.17) is 9.84 Å². The summed E-state index contributed by atoms with van der Waals surface area (Å²) in [5, 5.41) is 8.87. The molecule has 0 bridgehead atoms. The lowest BCUT2D eigenvalue weighted by molar-refractivity contribution is -0.155. The number of likely N-dealkylation sites (N-methyl/N-ethyl adjacent to an activating group) is 1. The predicted octanol–water partition coefficient (Wildman–Crippen LogP) is -0.613. The molecular weight excluding hydrogens is 256 g/mol. The van der Waals surface area contributed by atoms with Crippen LogP contribution in [-0.4, -0.2) is 78.9 Å². The summed E-state index contributed by atoms with van der Waals surface area (Å²) in [6, 6.07) is -0.387. The van der Waals surface area contributed by atoms with E-state index in [1.807, 2.05) is 0 Å². The Morgan fingerprint density at radius 2 is 2.16 bits per heavy atom. The number of carboxylic acid groups (broad SMARTS) is 1. The summed E-state index contributed by atoms with van der Waals surface area (Å²) in [5.74, 6) is -1.62. The largest absolute Gasteiger partial charge is 0.479 e. The van der Waals surface area contributed by atoms with Gasteiger partial charge in [0.25, 0.3) is 0 Å². The van der Waals surface area contributed by atoms with Crippen molar-refractivity contribution in [2.45, 2.75) is 13.0 Å². The van der Waals surface area contributed by atoms with E-state index < -0.39 is 18.0 Å². The van der Waals surface area contributed by atoms with E-state index in [-0.39, 0.29) is 25.7 Å². The Morgan fingerprint density at radius 3 is 2.68 bits per heavy atom. The first-order chi connectivity index (χ1) is 8.99. The van der Waals surface area contributed by atoms with Gasteiger partial charge in [0.2, 0.25) is 0 Å². The molecule has 1 atom stereocenters. The fourth-order valence-electron chi connectivity index (χ4n) is 1.71. The van der Waals surface area contributed by atoms with Crippen molar-refractivity contribution < 1.29 is 29.0 Å². The lowest BCUT2D eigenvalue weighted by atomic mass is 10.3. The third-order valence-electron chi connectivity index (χ3n) is 2.81. The number of nitrogens with zero attached hydrogens (tertiary/aromatic N) is 2. The van der Waals surface area contributed by atoms with Gasteiger partial charge in [-0.2, -0.15) is 0 Å². The van der Waals surface area contributed by atoms with Gasteiger partial charge in [-0.15, -0.1) is 0 Å². The number of hydrogen-bond acceptors (Lipinski definition) is 5. The fraction of sp³-hybridized carbons (Fsp3) is 0.727. The zero-order chi connectivity index (χ0) is 14.4. The van der Waals surface area contributed by atoms with Gasteiger partial charge in [-0.3, -0.25) is 4.79 Å². The highest BCUT2D eigenvalue weighted by Gasteiger charge is 2.31. The molecule has 0 aliphatic carbocycles. The Kier molecular flexibility index (Phi) is 5.56. The van der Waals surface area contributed by atoms with Crippen molar-refractivity contribution in [3.05, 3.63) is 0 Å². The fourth-order valence-corrected chi connectivity index (χ4v) is 1.71. The second kappa shape index (κ2) is 6.93. The second-order valence-corrected chi connectivity index (χ2v) is 4.02. The van der Waals surface area contributed by atoms with E-state index in [1.54, 1.807) is 6.92 Å². The van der Waals surface area contributed by atoms with E-state index in [1.165, 1.54) is 16.9 Å². The summed E-state index contributed by atoms with van der Waals surface area (Å²) in [5.41, 5.74) is 0. The highest BCUT2D eigenvalue weighted by molar-refractivity contribution is 5.82. The van der Waals surface area contributed by atoms with Crippen LogP contribution < -0.4 is 0 Å². The molecule has 0 aromatic carbocycles. The molecule has 1 aliphatic rings. The number of hydrogen-bond donors (Lipinski definition) is 1. The van der Waals surface area contributed by atoms with Crippen LogP contribution in [0.2, 0.25) is 0 Å². The first-order valence-corrected chi connectivity index (χ1v) is 5.94. The molecule has 1 saturated heterocycles. The van der Waals surface area contributed by atoms with Gasteiger partial charge in [0.1, 0.15) is 6.54 Å². The summed E-state index contributed by atoms with van der Waals surface area (Å²) in [6.45, 7) is 2.37. The quantitative estimate of drug-likeness (QED) is 0.687. The standard InChI is InChI=1S/C11H18N2O6/c1-3-12(7-9(14)18-2)11(17)13-4-5-19-8(6-13)10(15)16/h8H,3-7H2,1-2H3,(H,15,16). The molecule has 8 heteroatoms. The minimum Gasteiger partial charge on any atom is -0.479 e. The zero-order valence-corrected chi connectivity index (χ0v) is 11.0. The van der Waals surface area contributed by atoms with E-state index >= 15 is 0 Å². The minimum atomic E-state index is -1.10. The first-order valence-electron chi connectivity index (χ1n) is 5.94. The van der Waals surface area contributed by atoms with E-state index in [9.17, 15) is 14.4 Å². The molecule has 1 heterocycles. The van der Waals surface area contributed by atoms with Gasteiger partial charge in [0.15, 0.2) is 6.10 Å². The Bertz CT molecular complexity index is 359. The molecule has 1 fully saturated rings. The molecule has 0 radical (unpaired) electrons. The maximum absolute atomic E-state index is 12.1. The number of urea groups is 1. The molecule has 19 heavy (non-hydrogen) atoms. The molecule has 0 aromatic heterocycles. The molecule has 0 aromatic rings. The van der Waals surface area contributed by atoms with Crippen LogP contribution in [0.4, 0.5) is 4.79 Å². The smallest absolute Gasteiger partial charge is 0.334 e. The van der Waals surface area contributed by atoms with Crippen molar-refractivity contribution in [2.24, 2.45) is 0 Å². The molecule has 1 unspecified atom stereocenters. The van der Waals surface area contributed by atoms with Crippen molar-refractivity contribution in [2.75, 3.05) is 39.9 Å². The number of aliphatic carboxylic acids is 1. The van der Waals surface area contributed by atoms with Crippen LogP contribution in [0.3, 0.4) is 0 Å². The van der Waals surface area contributed by atoms with E-state index in [0.717, 1.165) is 0 Å². The Morgan fingerprint density at radius 1 is 1.47 bits per heavy atom. The second-order valence-electron chi connectivity index (χ2n) is 4.02. The summed E-state index contributed by atoms with van der Waals surface area (Å²) in [6.07, 6.45) is -1.02. The third kappa shape index (κ3) is 4.09. The summed E-state index contributed by atoms with van der Waals surface area (Å²) >= 11 is 0. The van der Waals surface area contributed by atoms with Crippen molar-refractivity contribution in [1.29, 1.82) is 0 Å². The van der Waals surface area contributed by atoms with Gasteiger partial charge in [-0.05, 0) is 6.92 Å². The highest BCUT2D eigenvalue weighted by atomic mass is 16.5. The molecule has 8 nitrogen and oxygen atoms in total. The third-order valence-corrected chi connectivity index (χ3v) is 2.81. The molecule has 1 rings (SSSR count). The van der Waals surface area contributed by atoms with Gasteiger partial charge in [0.05, 0.1) is 20.3 Å². The lowest BCUT2D eigenvalue weighted by Gasteiger charge is -2.34. The molecule has 1 aliphatic heterocycles. The number of carbonyl (C=O) groups excluding carboxylic acids is 2. The van der Waals surface area contributed by atoms with Crippen molar-refractivity contribution in [1.82, 2.24) is 9.80 Å². The lowest BCUT2D eigenvalue weighted by Crippen LogP contribution is -2.53. The maximum Gasteiger partial charge on any atom is 0.334 e. The maximum atomic E-state index is 12.1. The first kappa shape index (κ1) is 15.2. The summed E-state index contributed by atoms with van der Waals surface area (Å²) in [7, 11) is 1.25. The highest BCUT2D eigenvalue weighted by Crippen LogP contribution is 2.09.